The fourth-order valence-corrected chi connectivity index (χ4v) is 1.90. The Hall–Kier alpha value is -2.25. The molecule has 0 saturated heterocycles. The highest BCUT2D eigenvalue weighted by Crippen LogP contribution is 2.22. The zero-order chi connectivity index (χ0) is 14.9. The monoisotopic (exact) mass is 279 g/mol. The number of aromatic nitrogens is 5. The molecule has 20 heavy (non-hydrogen) atoms. The van der Waals surface area contributed by atoms with Crippen LogP contribution in [-0.2, 0) is 18.4 Å². The van der Waals surface area contributed by atoms with Crippen LogP contribution in [0.15, 0.2) is 11.0 Å². The summed E-state index contributed by atoms with van der Waals surface area (Å²) < 4.78 is 2.74. The molecule has 8 nitrogen and oxygen atoms in total. The predicted octanol–water partition coefficient (Wildman–Crippen LogP) is 0.416. The lowest BCUT2D eigenvalue weighted by Crippen LogP contribution is -2.27. The van der Waals surface area contributed by atoms with E-state index in [4.69, 9.17) is 5.11 Å². The minimum absolute atomic E-state index is 0.253. The van der Waals surface area contributed by atoms with Crippen LogP contribution in [0.1, 0.15) is 26.7 Å². The third-order valence-electron chi connectivity index (χ3n) is 3.37. The SMILES string of the molecule is Cn1ncc2c(=O)n(CCCC(C)(C)C(=O)O)nnc21. The zero-order valence-electron chi connectivity index (χ0n) is 11.7. The van der Waals surface area contributed by atoms with Crippen molar-refractivity contribution in [2.24, 2.45) is 12.5 Å². The van der Waals surface area contributed by atoms with Crippen molar-refractivity contribution in [1.29, 1.82) is 0 Å². The van der Waals surface area contributed by atoms with Crippen LogP contribution < -0.4 is 5.56 Å². The van der Waals surface area contributed by atoms with Crippen molar-refractivity contribution in [2.75, 3.05) is 0 Å². The van der Waals surface area contributed by atoms with Gasteiger partial charge in [-0.2, -0.15) is 5.10 Å². The molecular weight excluding hydrogens is 262 g/mol. The molecule has 0 aliphatic heterocycles. The predicted molar refractivity (Wildman–Crippen MR) is 71.2 cm³/mol. The number of carbonyl (C=O) groups is 1. The van der Waals surface area contributed by atoms with E-state index in [9.17, 15) is 9.59 Å². The van der Waals surface area contributed by atoms with Gasteiger partial charge in [0.15, 0.2) is 5.65 Å². The molecule has 0 spiro atoms. The topological polar surface area (TPSA) is 103 Å². The number of carboxylic acids is 1. The normalized spacial score (nSPS) is 11.9. The number of carboxylic acid groups (broad SMARTS) is 1. The van der Waals surface area contributed by atoms with Gasteiger partial charge in [0.25, 0.3) is 5.56 Å². The molecule has 0 bridgehead atoms. The first-order valence-corrected chi connectivity index (χ1v) is 6.32. The molecule has 0 saturated carbocycles. The van der Waals surface area contributed by atoms with Crippen LogP contribution in [0.3, 0.4) is 0 Å². The zero-order valence-corrected chi connectivity index (χ0v) is 11.7. The molecule has 0 amide bonds. The highest BCUT2D eigenvalue weighted by Gasteiger charge is 2.26. The second-order valence-electron chi connectivity index (χ2n) is 5.42. The Morgan fingerprint density at radius 3 is 2.80 bits per heavy atom. The smallest absolute Gasteiger partial charge is 0.309 e. The van der Waals surface area contributed by atoms with E-state index >= 15 is 0 Å². The van der Waals surface area contributed by atoms with E-state index < -0.39 is 11.4 Å². The van der Waals surface area contributed by atoms with Crippen LogP contribution in [0.2, 0.25) is 0 Å². The van der Waals surface area contributed by atoms with Gasteiger partial charge in [0.1, 0.15) is 5.39 Å². The van der Waals surface area contributed by atoms with Gasteiger partial charge in [-0.1, -0.05) is 5.21 Å². The van der Waals surface area contributed by atoms with E-state index in [1.807, 2.05) is 0 Å². The summed E-state index contributed by atoms with van der Waals surface area (Å²) in [7, 11) is 1.69. The Balaban J connectivity index is 2.13. The molecule has 2 heterocycles. The maximum absolute atomic E-state index is 12.1. The van der Waals surface area contributed by atoms with Gasteiger partial charge in [0, 0.05) is 13.6 Å². The van der Waals surface area contributed by atoms with E-state index in [-0.39, 0.29) is 5.56 Å². The summed E-state index contributed by atoms with van der Waals surface area (Å²) in [6.07, 6.45) is 2.46. The van der Waals surface area contributed by atoms with E-state index in [0.29, 0.717) is 30.4 Å². The molecular formula is C12H17N5O3. The number of hydrogen-bond donors (Lipinski definition) is 1. The Morgan fingerprint density at radius 2 is 2.15 bits per heavy atom. The van der Waals surface area contributed by atoms with Crippen LogP contribution >= 0.6 is 0 Å². The van der Waals surface area contributed by atoms with Gasteiger partial charge >= 0.3 is 5.97 Å². The van der Waals surface area contributed by atoms with Gasteiger partial charge < -0.3 is 5.11 Å². The summed E-state index contributed by atoms with van der Waals surface area (Å²) in [5, 5.41) is 21.2. The number of rotatable bonds is 5. The first-order valence-electron chi connectivity index (χ1n) is 6.32. The molecule has 0 aliphatic carbocycles. The standard InChI is InChI=1S/C12H17N5O3/c1-12(2,11(19)20)5-4-6-17-10(18)8-7-13-16(3)9(8)14-15-17/h7H,4-6H2,1-3H3,(H,19,20). The van der Waals surface area contributed by atoms with Crippen molar-refractivity contribution in [3.05, 3.63) is 16.6 Å². The average Bonchev–Trinajstić information content (AvgIpc) is 2.74. The van der Waals surface area contributed by atoms with E-state index in [0.717, 1.165) is 0 Å². The highest BCUT2D eigenvalue weighted by molar-refractivity contribution is 5.73. The molecule has 0 aromatic carbocycles. The molecule has 8 heteroatoms. The summed E-state index contributed by atoms with van der Waals surface area (Å²) in [5.74, 6) is -0.848. The fourth-order valence-electron chi connectivity index (χ4n) is 1.90. The Labute approximate surface area is 115 Å². The van der Waals surface area contributed by atoms with Crippen LogP contribution in [0.5, 0.6) is 0 Å². The van der Waals surface area contributed by atoms with Gasteiger partial charge in [-0.15, -0.1) is 5.10 Å². The number of aliphatic carboxylic acids is 1. The molecule has 2 rings (SSSR count). The summed E-state index contributed by atoms with van der Waals surface area (Å²) in [6, 6.07) is 0. The first-order chi connectivity index (χ1) is 9.33. The van der Waals surface area contributed by atoms with Crippen LogP contribution in [0.25, 0.3) is 11.0 Å². The van der Waals surface area contributed by atoms with Crippen LogP contribution in [0, 0.1) is 5.41 Å². The first kappa shape index (κ1) is 14.2. The Bertz CT molecular complexity index is 701. The number of fused-ring (bicyclic) bond motifs is 1. The van der Waals surface area contributed by atoms with Crippen molar-refractivity contribution >= 4 is 17.0 Å². The third kappa shape index (κ3) is 2.54. The van der Waals surface area contributed by atoms with Crippen molar-refractivity contribution in [3.63, 3.8) is 0 Å². The largest absolute Gasteiger partial charge is 0.481 e. The van der Waals surface area contributed by atoms with E-state index in [1.165, 1.54) is 15.6 Å². The number of nitrogens with zero attached hydrogens (tertiary/aromatic N) is 5. The molecule has 0 unspecified atom stereocenters. The van der Waals surface area contributed by atoms with Crippen molar-refractivity contribution in [2.45, 2.75) is 33.2 Å². The second-order valence-corrected chi connectivity index (χ2v) is 5.42. The lowest BCUT2D eigenvalue weighted by atomic mass is 9.88. The van der Waals surface area contributed by atoms with Crippen molar-refractivity contribution in [1.82, 2.24) is 24.8 Å². The summed E-state index contributed by atoms with van der Waals surface area (Å²) >= 11 is 0. The van der Waals surface area contributed by atoms with Gasteiger partial charge in [-0.3, -0.25) is 9.59 Å². The molecule has 0 fully saturated rings. The quantitative estimate of drug-likeness (QED) is 0.850. The van der Waals surface area contributed by atoms with E-state index in [1.54, 1.807) is 20.9 Å². The van der Waals surface area contributed by atoms with E-state index in [2.05, 4.69) is 15.4 Å². The molecule has 0 radical (unpaired) electrons. The average molecular weight is 279 g/mol. The minimum Gasteiger partial charge on any atom is -0.481 e. The minimum atomic E-state index is -0.848. The molecule has 108 valence electrons. The maximum Gasteiger partial charge on any atom is 0.309 e. The molecule has 0 aliphatic rings. The second kappa shape index (κ2) is 5.03. The Kier molecular flexibility index (Phi) is 3.56. The Morgan fingerprint density at radius 1 is 1.45 bits per heavy atom. The summed E-state index contributed by atoms with van der Waals surface area (Å²) in [6.45, 7) is 3.66. The van der Waals surface area contributed by atoms with Crippen LogP contribution in [0.4, 0.5) is 0 Å². The summed E-state index contributed by atoms with van der Waals surface area (Å²) in [5.41, 5.74) is -0.622. The van der Waals surface area contributed by atoms with Gasteiger partial charge in [-0.05, 0) is 26.7 Å². The highest BCUT2D eigenvalue weighted by atomic mass is 16.4. The third-order valence-corrected chi connectivity index (χ3v) is 3.37. The lowest BCUT2D eigenvalue weighted by Gasteiger charge is -2.18. The molecule has 2 aromatic heterocycles. The molecule has 2 aromatic rings. The van der Waals surface area contributed by atoms with Gasteiger partial charge in [0.2, 0.25) is 0 Å². The van der Waals surface area contributed by atoms with Gasteiger partial charge in [0.05, 0.1) is 11.6 Å². The summed E-state index contributed by atoms with van der Waals surface area (Å²) in [4.78, 5) is 23.1. The van der Waals surface area contributed by atoms with Gasteiger partial charge in [-0.25, -0.2) is 9.36 Å². The number of aryl methyl sites for hydroxylation is 2. The van der Waals surface area contributed by atoms with Crippen molar-refractivity contribution < 1.29 is 9.90 Å². The molecule has 0 atom stereocenters. The number of hydrogen-bond acceptors (Lipinski definition) is 5. The maximum atomic E-state index is 12.1. The fraction of sp³-hybridized carbons (Fsp3) is 0.583. The van der Waals surface area contributed by atoms with Crippen molar-refractivity contribution in [3.8, 4) is 0 Å². The molecule has 1 N–H and O–H groups in total. The van der Waals surface area contributed by atoms with Crippen LogP contribution in [-0.4, -0.2) is 35.9 Å². The lowest BCUT2D eigenvalue weighted by molar-refractivity contribution is -0.147.